The molecule has 0 amide bonds. The van der Waals surface area contributed by atoms with E-state index in [-0.39, 0.29) is 0 Å². The highest BCUT2D eigenvalue weighted by molar-refractivity contribution is 9.10. The Morgan fingerprint density at radius 2 is 2.25 bits per heavy atom. The highest BCUT2D eigenvalue weighted by atomic mass is 79.9. The molecule has 1 aliphatic carbocycles. The molecule has 5 heteroatoms. The molecular formula is C15H15BrClN3. The summed E-state index contributed by atoms with van der Waals surface area (Å²) in [6, 6.07) is 5.75. The number of aromatic nitrogens is 2. The fourth-order valence-corrected chi connectivity index (χ4v) is 3.10. The normalized spacial score (nSPS) is 14.5. The van der Waals surface area contributed by atoms with Gasteiger partial charge >= 0.3 is 0 Å². The number of nitrogen functional groups attached to an aromatic ring is 1. The number of benzene rings is 1. The molecule has 0 spiro atoms. The number of imidazole rings is 1. The van der Waals surface area contributed by atoms with Crippen LogP contribution in [0.1, 0.15) is 24.6 Å². The van der Waals surface area contributed by atoms with Crippen LogP contribution in [0.25, 0.3) is 11.3 Å². The Kier molecular flexibility index (Phi) is 3.61. The van der Waals surface area contributed by atoms with Crippen molar-refractivity contribution >= 4 is 33.3 Å². The Morgan fingerprint density at radius 3 is 2.85 bits per heavy atom. The van der Waals surface area contributed by atoms with Gasteiger partial charge in [0, 0.05) is 22.5 Å². The summed E-state index contributed by atoms with van der Waals surface area (Å²) in [7, 11) is 0. The van der Waals surface area contributed by atoms with Gasteiger partial charge in [0.05, 0.1) is 5.02 Å². The lowest BCUT2D eigenvalue weighted by molar-refractivity contribution is 0.750. The molecule has 0 radical (unpaired) electrons. The van der Waals surface area contributed by atoms with Crippen molar-refractivity contribution in [3.05, 3.63) is 46.2 Å². The van der Waals surface area contributed by atoms with Crippen LogP contribution in [-0.2, 0) is 6.54 Å². The van der Waals surface area contributed by atoms with Crippen molar-refractivity contribution in [1.82, 2.24) is 9.55 Å². The molecule has 2 N–H and O–H groups in total. The van der Waals surface area contributed by atoms with E-state index in [1.807, 2.05) is 28.8 Å². The zero-order valence-corrected chi connectivity index (χ0v) is 13.3. The third kappa shape index (κ3) is 2.38. The summed E-state index contributed by atoms with van der Waals surface area (Å²) in [6.45, 7) is 4.47. The van der Waals surface area contributed by atoms with E-state index < -0.39 is 0 Å². The molecule has 2 aromatic rings. The molecular weight excluding hydrogens is 338 g/mol. The minimum absolute atomic E-state index is 0.528. The van der Waals surface area contributed by atoms with Gasteiger partial charge in [0.15, 0.2) is 0 Å². The number of nitrogens with two attached hydrogens (primary N) is 1. The van der Waals surface area contributed by atoms with E-state index >= 15 is 0 Å². The number of nitrogens with zero attached hydrogens (tertiary/aromatic N) is 2. The van der Waals surface area contributed by atoms with Gasteiger partial charge in [0.2, 0.25) is 0 Å². The monoisotopic (exact) mass is 351 g/mol. The summed E-state index contributed by atoms with van der Waals surface area (Å²) in [4.78, 5) is 4.74. The van der Waals surface area contributed by atoms with Crippen LogP contribution in [0, 0.1) is 0 Å². The van der Waals surface area contributed by atoms with E-state index in [0.29, 0.717) is 23.3 Å². The molecule has 1 aromatic carbocycles. The number of allylic oxidation sites excluding steroid dienone is 1. The van der Waals surface area contributed by atoms with Crippen LogP contribution >= 0.6 is 27.5 Å². The Morgan fingerprint density at radius 1 is 1.50 bits per heavy atom. The Balaban J connectivity index is 2.13. The minimum Gasteiger partial charge on any atom is -0.383 e. The first-order chi connectivity index (χ1) is 9.61. The number of rotatable bonds is 4. The van der Waals surface area contributed by atoms with Gasteiger partial charge in [0.1, 0.15) is 17.3 Å². The molecule has 0 unspecified atom stereocenters. The highest BCUT2D eigenvalue weighted by Gasteiger charge is 2.31. The summed E-state index contributed by atoms with van der Waals surface area (Å²) < 4.78 is 2.98. The van der Waals surface area contributed by atoms with Crippen molar-refractivity contribution in [2.75, 3.05) is 5.73 Å². The standard InChI is InChI=1S/C15H15BrClN3/c1-2-7-20-14(18)13(19-15(20)9-3-4-9)11-6-5-10(16)8-12(11)17/h2,5-6,8-9H,1,3-4,7,18H2. The maximum absolute atomic E-state index is 6.31. The summed E-state index contributed by atoms with van der Waals surface area (Å²) in [5, 5.41) is 0.650. The molecule has 3 rings (SSSR count). The second-order valence-electron chi connectivity index (χ2n) is 5.00. The van der Waals surface area contributed by atoms with Crippen molar-refractivity contribution < 1.29 is 0 Å². The minimum atomic E-state index is 0.528. The second kappa shape index (κ2) is 5.26. The van der Waals surface area contributed by atoms with Gasteiger partial charge in [-0.3, -0.25) is 0 Å². The fraction of sp³-hybridized carbons (Fsp3) is 0.267. The number of halogens is 2. The fourth-order valence-electron chi connectivity index (χ4n) is 2.34. The molecule has 1 saturated carbocycles. The van der Waals surface area contributed by atoms with Gasteiger partial charge in [-0.15, -0.1) is 6.58 Å². The van der Waals surface area contributed by atoms with Crippen LogP contribution in [0.4, 0.5) is 5.82 Å². The van der Waals surface area contributed by atoms with Crippen molar-refractivity contribution in [2.45, 2.75) is 25.3 Å². The summed E-state index contributed by atoms with van der Waals surface area (Å²) in [5.74, 6) is 2.24. The summed E-state index contributed by atoms with van der Waals surface area (Å²) in [6.07, 6.45) is 4.21. The predicted molar refractivity (Wildman–Crippen MR) is 87.0 cm³/mol. The predicted octanol–water partition coefficient (Wildman–Crippen LogP) is 4.61. The van der Waals surface area contributed by atoms with Crippen LogP contribution in [0.2, 0.25) is 5.02 Å². The van der Waals surface area contributed by atoms with E-state index in [1.165, 1.54) is 12.8 Å². The summed E-state index contributed by atoms with van der Waals surface area (Å²) in [5.41, 5.74) is 7.92. The molecule has 3 nitrogen and oxygen atoms in total. The first kappa shape index (κ1) is 13.7. The lowest BCUT2D eigenvalue weighted by atomic mass is 10.1. The zero-order chi connectivity index (χ0) is 14.3. The van der Waals surface area contributed by atoms with Gasteiger partial charge in [-0.25, -0.2) is 4.98 Å². The smallest absolute Gasteiger partial charge is 0.132 e. The Hall–Kier alpha value is -1.26. The van der Waals surface area contributed by atoms with Crippen LogP contribution in [0.3, 0.4) is 0 Å². The maximum atomic E-state index is 6.31. The summed E-state index contributed by atoms with van der Waals surface area (Å²) >= 11 is 9.73. The topological polar surface area (TPSA) is 43.8 Å². The van der Waals surface area contributed by atoms with Crippen LogP contribution in [0.15, 0.2) is 35.3 Å². The third-order valence-corrected chi connectivity index (χ3v) is 4.28. The zero-order valence-electron chi connectivity index (χ0n) is 10.9. The SMILES string of the molecule is C=CCn1c(C2CC2)nc(-c2ccc(Br)cc2Cl)c1N. The molecule has 0 aliphatic heterocycles. The van der Waals surface area contributed by atoms with E-state index in [9.17, 15) is 0 Å². The average molecular weight is 353 g/mol. The quantitative estimate of drug-likeness (QED) is 0.816. The lowest BCUT2D eigenvalue weighted by Crippen LogP contribution is -2.05. The molecule has 104 valence electrons. The van der Waals surface area contributed by atoms with E-state index in [1.54, 1.807) is 0 Å². The van der Waals surface area contributed by atoms with Crippen molar-refractivity contribution in [1.29, 1.82) is 0 Å². The molecule has 1 aromatic heterocycles. The molecule has 0 atom stereocenters. The number of hydrogen-bond donors (Lipinski definition) is 1. The lowest BCUT2D eigenvalue weighted by Gasteiger charge is -2.06. The van der Waals surface area contributed by atoms with E-state index in [2.05, 4.69) is 22.5 Å². The van der Waals surface area contributed by atoms with Crippen molar-refractivity contribution in [2.24, 2.45) is 0 Å². The van der Waals surface area contributed by atoms with Crippen molar-refractivity contribution in [3.63, 3.8) is 0 Å². The van der Waals surface area contributed by atoms with Gasteiger partial charge < -0.3 is 10.3 Å². The third-order valence-electron chi connectivity index (χ3n) is 3.48. The van der Waals surface area contributed by atoms with Crippen molar-refractivity contribution in [3.8, 4) is 11.3 Å². The average Bonchev–Trinajstić information content (AvgIpc) is 3.19. The van der Waals surface area contributed by atoms with Crippen LogP contribution < -0.4 is 5.73 Å². The Bertz CT molecular complexity index is 674. The first-order valence-corrected chi connectivity index (χ1v) is 7.71. The van der Waals surface area contributed by atoms with Gasteiger partial charge in [-0.05, 0) is 25.0 Å². The highest BCUT2D eigenvalue weighted by Crippen LogP contribution is 2.43. The van der Waals surface area contributed by atoms with Gasteiger partial charge in [0.25, 0.3) is 0 Å². The maximum Gasteiger partial charge on any atom is 0.132 e. The van der Waals surface area contributed by atoms with E-state index in [0.717, 1.165) is 21.6 Å². The second-order valence-corrected chi connectivity index (χ2v) is 6.32. The molecule has 20 heavy (non-hydrogen) atoms. The number of hydrogen-bond acceptors (Lipinski definition) is 2. The molecule has 0 saturated heterocycles. The van der Waals surface area contributed by atoms with Gasteiger partial charge in [-0.1, -0.05) is 39.7 Å². The van der Waals surface area contributed by atoms with Crippen LogP contribution in [-0.4, -0.2) is 9.55 Å². The first-order valence-electron chi connectivity index (χ1n) is 6.54. The number of anilines is 1. The molecule has 0 bridgehead atoms. The molecule has 1 fully saturated rings. The van der Waals surface area contributed by atoms with Gasteiger partial charge in [-0.2, -0.15) is 0 Å². The largest absolute Gasteiger partial charge is 0.383 e. The van der Waals surface area contributed by atoms with Crippen LogP contribution in [0.5, 0.6) is 0 Å². The molecule has 1 aliphatic rings. The van der Waals surface area contributed by atoms with E-state index in [4.69, 9.17) is 22.3 Å². The Labute approximate surface area is 131 Å². The molecule has 1 heterocycles.